The van der Waals surface area contributed by atoms with Crippen LogP contribution >= 0.6 is 0 Å². The molecule has 0 bridgehead atoms. The zero-order valence-electron chi connectivity index (χ0n) is 14.7. The number of pyridine rings is 1. The lowest BCUT2D eigenvalue weighted by atomic mass is 10.2. The number of anilines is 1. The molecular formula is C18H21N7O. The van der Waals surface area contributed by atoms with Crippen LogP contribution in [0.2, 0.25) is 0 Å². The predicted octanol–water partition coefficient (Wildman–Crippen LogP) is 1.98. The third kappa shape index (κ3) is 5.44. The number of hydrogen-bond acceptors (Lipinski definition) is 6. The molecule has 0 radical (unpaired) electrons. The van der Waals surface area contributed by atoms with E-state index in [0.29, 0.717) is 5.82 Å². The van der Waals surface area contributed by atoms with E-state index < -0.39 is 0 Å². The number of carbonyl (C=O) groups excluding carboxylic acids is 1. The van der Waals surface area contributed by atoms with Crippen LogP contribution < -0.4 is 5.32 Å². The number of amides is 1. The predicted molar refractivity (Wildman–Crippen MR) is 96.3 cm³/mol. The molecule has 0 atom stereocenters. The Balaban J connectivity index is 1.40. The second-order valence-corrected chi connectivity index (χ2v) is 6.08. The number of hydrogen-bond donors (Lipinski definition) is 1. The lowest BCUT2D eigenvalue weighted by Crippen LogP contribution is -2.16. The fraction of sp³-hybridized carbons (Fsp3) is 0.333. The van der Waals surface area contributed by atoms with Crippen molar-refractivity contribution in [2.45, 2.75) is 39.2 Å². The molecule has 0 fully saturated rings. The Hall–Kier alpha value is -3.16. The summed E-state index contributed by atoms with van der Waals surface area (Å²) >= 11 is 0. The van der Waals surface area contributed by atoms with Crippen LogP contribution in [0.4, 0.5) is 5.82 Å². The molecule has 0 aliphatic heterocycles. The topological polar surface area (TPSA) is 98.5 Å². The molecule has 0 saturated carbocycles. The Bertz CT molecular complexity index is 830. The van der Waals surface area contributed by atoms with Gasteiger partial charge in [0.25, 0.3) is 0 Å². The molecule has 0 saturated heterocycles. The molecule has 1 N–H and O–H groups in total. The highest BCUT2D eigenvalue weighted by molar-refractivity contribution is 5.91. The van der Waals surface area contributed by atoms with Gasteiger partial charge in [-0.15, -0.1) is 10.2 Å². The van der Waals surface area contributed by atoms with Crippen molar-refractivity contribution in [1.82, 2.24) is 30.2 Å². The van der Waals surface area contributed by atoms with E-state index in [1.165, 1.54) is 0 Å². The smallest absolute Gasteiger partial charge is 0.230 e. The molecule has 0 unspecified atom stereocenters. The van der Waals surface area contributed by atoms with Crippen molar-refractivity contribution < 1.29 is 4.79 Å². The molecule has 1 amide bonds. The zero-order valence-corrected chi connectivity index (χ0v) is 14.7. The van der Waals surface area contributed by atoms with E-state index in [4.69, 9.17) is 0 Å². The van der Waals surface area contributed by atoms with E-state index in [1.807, 2.05) is 29.9 Å². The first kappa shape index (κ1) is 17.7. The summed E-state index contributed by atoms with van der Waals surface area (Å²) in [4.78, 5) is 16.0. The van der Waals surface area contributed by atoms with Crippen molar-refractivity contribution in [1.29, 1.82) is 0 Å². The van der Waals surface area contributed by atoms with E-state index in [9.17, 15) is 4.79 Å². The fourth-order valence-corrected chi connectivity index (χ4v) is 2.52. The van der Waals surface area contributed by atoms with Crippen LogP contribution in [0.25, 0.3) is 0 Å². The van der Waals surface area contributed by atoms with Gasteiger partial charge in [0.05, 0.1) is 17.8 Å². The van der Waals surface area contributed by atoms with Gasteiger partial charge >= 0.3 is 0 Å². The fourth-order valence-electron chi connectivity index (χ4n) is 2.52. The highest BCUT2D eigenvalue weighted by Gasteiger charge is 2.06. The lowest BCUT2D eigenvalue weighted by Gasteiger charge is -2.05. The van der Waals surface area contributed by atoms with Crippen LogP contribution in [-0.4, -0.2) is 36.1 Å². The minimum atomic E-state index is -0.136. The summed E-state index contributed by atoms with van der Waals surface area (Å²) < 4.78 is 1.85. The summed E-state index contributed by atoms with van der Waals surface area (Å²) in [6, 6.07) is 7.35. The number of aromatic nitrogens is 6. The Morgan fingerprint density at radius 1 is 1.15 bits per heavy atom. The van der Waals surface area contributed by atoms with Crippen molar-refractivity contribution in [2.75, 3.05) is 5.32 Å². The van der Waals surface area contributed by atoms with E-state index >= 15 is 0 Å². The molecule has 8 nitrogen and oxygen atoms in total. The van der Waals surface area contributed by atoms with Crippen molar-refractivity contribution >= 4 is 11.7 Å². The molecular weight excluding hydrogens is 330 g/mol. The standard InChI is InChI=1S/C18H21N7O/c1-14-13-25(24-21-14)10-3-2-6-16-7-8-17(23-22-16)20-18(26)11-15-5-4-9-19-12-15/h4-5,7-9,12-13H,2-3,6,10-11H2,1H3,(H,20,23,26). The minimum Gasteiger partial charge on any atom is -0.309 e. The van der Waals surface area contributed by atoms with Gasteiger partial charge < -0.3 is 5.32 Å². The van der Waals surface area contributed by atoms with Crippen LogP contribution in [0.15, 0.2) is 42.9 Å². The molecule has 3 heterocycles. The molecule has 0 spiro atoms. The molecule has 3 rings (SSSR count). The van der Waals surface area contributed by atoms with Gasteiger partial charge in [-0.3, -0.25) is 14.5 Å². The van der Waals surface area contributed by atoms with Crippen molar-refractivity contribution in [2.24, 2.45) is 0 Å². The average molecular weight is 351 g/mol. The molecule has 134 valence electrons. The van der Waals surface area contributed by atoms with Crippen LogP contribution in [0.5, 0.6) is 0 Å². The summed E-state index contributed by atoms with van der Waals surface area (Å²) in [6.07, 6.45) is 8.37. The van der Waals surface area contributed by atoms with Gasteiger partial charge in [0.15, 0.2) is 5.82 Å². The molecule has 3 aromatic heterocycles. The SMILES string of the molecule is Cc1cn(CCCCc2ccc(NC(=O)Cc3cccnc3)nn2)nn1. The number of nitrogens with one attached hydrogen (secondary N) is 1. The first-order valence-electron chi connectivity index (χ1n) is 8.57. The minimum absolute atomic E-state index is 0.136. The monoisotopic (exact) mass is 351 g/mol. The third-order valence-corrected chi connectivity index (χ3v) is 3.80. The molecule has 0 aliphatic rings. The maximum absolute atomic E-state index is 12.0. The van der Waals surface area contributed by atoms with Crippen LogP contribution in [-0.2, 0) is 24.2 Å². The van der Waals surface area contributed by atoms with E-state index in [1.54, 1.807) is 24.5 Å². The quantitative estimate of drug-likeness (QED) is 0.623. The van der Waals surface area contributed by atoms with E-state index in [0.717, 1.165) is 42.8 Å². The van der Waals surface area contributed by atoms with Crippen molar-refractivity contribution in [3.63, 3.8) is 0 Å². The first-order valence-corrected chi connectivity index (χ1v) is 8.57. The van der Waals surface area contributed by atoms with Gasteiger partial charge in [-0.25, -0.2) is 0 Å². The van der Waals surface area contributed by atoms with E-state index in [2.05, 4.69) is 30.8 Å². The molecule has 26 heavy (non-hydrogen) atoms. The van der Waals surface area contributed by atoms with Crippen molar-refractivity contribution in [3.8, 4) is 0 Å². The number of aryl methyl sites for hydroxylation is 3. The van der Waals surface area contributed by atoms with Crippen LogP contribution in [0.3, 0.4) is 0 Å². The largest absolute Gasteiger partial charge is 0.309 e. The van der Waals surface area contributed by atoms with E-state index in [-0.39, 0.29) is 12.3 Å². The first-order chi connectivity index (χ1) is 12.7. The summed E-state index contributed by atoms with van der Waals surface area (Å²) in [5.74, 6) is 0.323. The molecule has 8 heteroatoms. The molecule has 3 aromatic rings. The Kier molecular flexibility index (Phi) is 5.97. The van der Waals surface area contributed by atoms with Gasteiger partial charge in [-0.1, -0.05) is 11.3 Å². The summed E-state index contributed by atoms with van der Waals surface area (Å²) in [5.41, 5.74) is 2.69. The second-order valence-electron chi connectivity index (χ2n) is 6.08. The van der Waals surface area contributed by atoms with Gasteiger partial charge in [0.2, 0.25) is 5.91 Å². The Morgan fingerprint density at radius 3 is 2.77 bits per heavy atom. The summed E-state index contributed by atoms with van der Waals surface area (Å²) in [7, 11) is 0. The average Bonchev–Trinajstić information content (AvgIpc) is 3.06. The van der Waals surface area contributed by atoms with Gasteiger partial charge in [0.1, 0.15) is 0 Å². The Morgan fingerprint density at radius 2 is 2.08 bits per heavy atom. The zero-order chi connectivity index (χ0) is 18.2. The highest BCUT2D eigenvalue weighted by atomic mass is 16.1. The summed E-state index contributed by atoms with van der Waals surface area (Å²) in [5, 5.41) is 19.0. The second kappa shape index (κ2) is 8.80. The number of carbonyl (C=O) groups is 1. The van der Waals surface area contributed by atoms with Gasteiger partial charge in [-0.05, 0) is 49.9 Å². The summed E-state index contributed by atoms with van der Waals surface area (Å²) in [6.45, 7) is 2.77. The van der Waals surface area contributed by atoms with Crippen molar-refractivity contribution in [3.05, 3.63) is 59.8 Å². The maximum Gasteiger partial charge on any atom is 0.230 e. The van der Waals surface area contributed by atoms with Gasteiger partial charge in [-0.2, -0.15) is 5.10 Å². The molecule has 0 aliphatic carbocycles. The lowest BCUT2D eigenvalue weighted by molar-refractivity contribution is -0.115. The maximum atomic E-state index is 12.0. The number of unbranched alkanes of at least 4 members (excludes halogenated alkanes) is 1. The Labute approximate surface area is 151 Å². The third-order valence-electron chi connectivity index (χ3n) is 3.80. The number of rotatable bonds is 8. The normalized spacial score (nSPS) is 10.7. The highest BCUT2D eigenvalue weighted by Crippen LogP contribution is 2.07. The molecule has 0 aromatic carbocycles. The van der Waals surface area contributed by atoms with Crippen LogP contribution in [0.1, 0.15) is 29.8 Å². The number of nitrogens with zero attached hydrogens (tertiary/aromatic N) is 6. The van der Waals surface area contributed by atoms with Crippen LogP contribution in [0, 0.1) is 6.92 Å². The van der Waals surface area contributed by atoms with Gasteiger partial charge in [0, 0.05) is 25.1 Å².